The van der Waals surface area contributed by atoms with Crippen LogP contribution in [0.25, 0.3) is 0 Å². The Kier molecular flexibility index (Phi) is 7.52. The molecule has 1 unspecified atom stereocenters. The zero-order chi connectivity index (χ0) is 19.7. The standard InChI is InChI=1S/C23H28BrNO3.BrH/c24-22-18-10-11-25(13-15-4-2-1-3-5-15)14-20(16-6-8-17(26)9-7-16)19(18)12-21(27)23(22)28;/h6-9,12,15,20,26-28H,1-5,10-11,13-14H2;1H. The fourth-order valence-corrected chi connectivity index (χ4v) is 5.49. The highest BCUT2D eigenvalue weighted by molar-refractivity contribution is 9.10. The van der Waals surface area contributed by atoms with Gasteiger partial charge < -0.3 is 20.2 Å². The Bertz CT molecular complexity index is 835. The second-order valence-electron chi connectivity index (χ2n) is 8.28. The summed E-state index contributed by atoms with van der Waals surface area (Å²) in [4.78, 5) is 2.55. The van der Waals surface area contributed by atoms with E-state index in [-0.39, 0.29) is 40.1 Å². The van der Waals surface area contributed by atoms with Crippen molar-refractivity contribution in [3.63, 3.8) is 0 Å². The number of hydrogen-bond acceptors (Lipinski definition) is 4. The molecule has 0 spiro atoms. The van der Waals surface area contributed by atoms with Crippen LogP contribution in [0.1, 0.15) is 54.7 Å². The van der Waals surface area contributed by atoms with Crippen LogP contribution in [0.2, 0.25) is 0 Å². The van der Waals surface area contributed by atoms with E-state index in [4.69, 9.17) is 0 Å². The van der Waals surface area contributed by atoms with Crippen LogP contribution in [-0.4, -0.2) is 39.9 Å². The molecule has 2 aromatic carbocycles. The number of rotatable bonds is 3. The maximum atomic E-state index is 10.3. The summed E-state index contributed by atoms with van der Waals surface area (Å²) in [6, 6.07) is 9.09. The van der Waals surface area contributed by atoms with E-state index in [0.717, 1.165) is 48.7 Å². The molecule has 2 aromatic rings. The Hall–Kier alpha value is -1.24. The van der Waals surface area contributed by atoms with Crippen molar-refractivity contribution < 1.29 is 15.3 Å². The molecule has 0 radical (unpaired) electrons. The van der Waals surface area contributed by atoms with Crippen LogP contribution < -0.4 is 0 Å². The number of fused-ring (bicyclic) bond motifs is 1. The second-order valence-corrected chi connectivity index (χ2v) is 9.08. The zero-order valence-electron chi connectivity index (χ0n) is 16.5. The molecular formula is C23H29Br2NO3. The number of benzene rings is 2. The normalized spacial score (nSPS) is 20.5. The van der Waals surface area contributed by atoms with Crippen LogP contribution in [0.15, 0.2) is 34.8 Å². The van der Waals surface area contributed by atoms with Gasteiger partial charge >= 0.3 is 0 Å². The number of halogens is 2. The highest BCUT2D eigenvalue weighted by atomic mass is 79.9. The molecule has 1 saturated carbocycles. The lowest BCUT2D eigenvalue weighted by atomic mass is 9.87. The van der Waals surface area contributed by atoms with Crippen LogP contribution >= 0.6 is 32.9 Å². The van der Waals surface area contributed by atoms with Crippen molar-refractivity contribution in [2.24, 2.45) is 5.92 Å². The Morgan fingerprint density at radius 3 is 2.38 bits per heavy atom. The first-order valence-corrected chi connectivity index (χ1v) is 11.1. The van der Waals surface area contributed by atoms with Gasteiger partial charge in [0, 0.05) is 25.6 Å². The molecule has 0 bridgehead atoms. The molecule has 4 nitrogen and oxygen atoms in total. The predicted molar refractivity (Wildman–Crippen MR) is 124 cm³/mol. The van der Waals surface area contributed by atoms with Gasteiger partial charge in [0.1, 0.15) is 5.75 Å². The van der Waals surface area contributed by atoms with E-state index in [1.54, 1.807) is 18.2 Å². The van der Waals surface area contributed by atoms with Crippen LogP contribution in [0.4, 0.5) is 0 Å². The number of hydrogen-bond donors (Lipinski definition) is 3. The summed E-state index contributed by atoms with van der Waals surface area (Å²) >= 11 is 3.51. The van der Waals surface area contributed by atoms with E-state index in [9.17, 15) is 15.3 Å². The van der Waals surface area contributed by atoms with Gasteiger partial charge in [0.05, 0.1) is 4.47 Å². The van der Waals surface area contributed by atoms with Crippen LogP contribution in [0.5, 0.6) is 17.2 Å². The van der Waals surface area contributed by atoms with Gasteiger partial charge in [-0.1, -0.05) is 31.4 Å². The lowest BCUT2D eigenvalue weighted by molar-refractivity contribution is 0.202. The molecule has 0 amide bonds. The van der Waals surface area contributed by atoms with Gasteiger partial charge in [-0.25, -0.2) is 0 Å². The summed E-state index contributed by atoms with van der Waals surface area (Å²) in [6.07, 6.45) is 7.52. The lowest BCUT2D eigenvalue weighted by Crippen LogP contribution is -2.34. The van der Waals surface area contributed by atoms with Gasteiger partial charge in [0.25, 0.3) is 0 Å². The molecule has 0 saturated heterocycles. The fourth-order valence-electron chi connectivity index (χ4n) is 4.86. The fraction of sp³-hybridized carbons (Fsp3) is 0.478. The molecule has 3 N–H and O–H groups in total. The Morgan fingerprint density at radius 1 is 1.00 bits per heavy atom. The first-order valence-electron chi connectivity index (χ1n) is 10.3. The Labute approximate surface area is 191 Å². The van der Waals surface area contributed by atoms with Crippen LogP contribution in [0, 0.1) is 5.92 Å². The zero-order valence-corrected chi connectivity index (χ0v) is 19.8. The molecule has 1 aliphatic heterocycles. The van der Waals surface area contributed by atoms with Crippen LogP contribution in [-0.2, 0) is 6.42 Å². The van der Waals surface area contributed by atoms with Gasteiger partial charge in [0.2, 0.25) is 0 Å². The van der Waals surface area contributed by atoms with Gasteiger partial charge in [-0.15, -0.1) is 17.0 Å². The number of phenolic OH excluding ortho intramolecular Hbond substituents is 3. The molecule has 1 fully saturated rings. The molecule has 4 rings (SSSR count). The summed E-state index contributed by atoms with van der Waals surface area (Å²) in [5.74, 6) is 0.940. The minimum atomic E-state index is -0.0878. The van der Waals surface area contributed by atoms with E-state index in [0.29, 0.717) is 4.47 Å². The highest BCUT2D eigenvalue weighted by Crippen LogP contribution is 2.44. The molecule has 2 aliphatic rings. The minimum Gasteiger partial charge on any atom is -0.508 e. The van der Waals surface area contributed by atoms with Crippen molar-refractivity contribution in [1.82, 2.24) is 4.90 Å². The smallest absolute Gasteiger partial charge is 0.172 e. The maximum Gasteiger partial charge on any atom is 0.172 e. The Morgan fingerprint density at radius 2 is 1.69 bits per heavy atom. The second kappa shape index (κ2) is 9.71. The largest absolute Gasteiger partial charge is 0.508 e. The summed E-state index contributed by atoms with van der Waals surface area (Å²) in [5, 5.41) is 30.2. The molecule has 6 heteroatoms. The van der Waals surface area contributed by atoms with Gasteiger partial charge in [-0.3, -0.25) is 0 Å². The molecular weight excluding hydrogens is 498 g/mol. The SMILES string of the molecule is Br.Oc1ccc(C2CN(CC3CCCCC3)CCc3c2cc(O)c(O)c3Br)cc1. The van der Waals surface area contributed by atoms with Crippen molar-refractivity contribution in [2.45, 2.75) is 44.4 Å². The van der Waals surface area contributed by atoms with Crippen molar-refractivity contribution >= 4 is 32.9 Å². The van der Waals surface area contributed by atoms with Gasteiger partial charge in [-0.2, -0.15) is 0 Å². The van der Waals surface area contributed by atoms with Crippen molar-refractivity contribution in [3.8, 4) is 17.2 Å². The van der Waals surface area contributed by atoms with Crippen molar-refractivity contribution in [1.29, 1.82) is 0 Å². The number of aromatic hydroxyl groups is 3. The third kappa shape index (κ3) is 4.92. The van der Waals surface area contributed by atoms with Gasteiger partial charge in [0.15, 0.2) is 11.5 Å². The molecule has 158 valence electrons. The monoisotopic (exact) mass is 525 g/mol. The average molecular weight is 527 g/mol. The van der Waals surface area contributed by atoms with E-state index in [1.165, 1.54) is 32.1 Å². The first kappa shape index (κ1) is 22.4. The number of phenols is 3. The van der Waals surface area contributed by atoms with E-state index < -0.39 is 0 Å². The quantitative estimate of drug-likeness (QED) is 0.448. The van der Waals surface area contributed by atoms with Crippen molar-refractivity contribution in [3.05, 3.63) is 51.5 Å². The van der Waals surface area contributed by atoms with E-state index in [2.05, 4.69) is 20.8 Å². The van der Waals surface area contributed by atoms with Crippen molar-refractivity contribution in [2.75, 3.05) is 19.6 Å². The highest BCUT2D eigenvalue weighted by Gasteiger charge is 2.29. The summed E-state index contributed by atoms with van der Waals surface area (Å²) in [7, 11) is 0. The summed E-state index contributed by atoms with van der Waals surface area (Å²) in [5.41, 5.74) is 3.24. The third-order valence-corrected chi connectivity index (χ3v) is 7.24. The molecule has 1 aliphatic carbocycles. The van der Waals surface area contributed by atoms with Gasteiger partial charge in [-0.05, 0) is 76.0 Å². The average Bonchev–Trinajstić information content (AvgIpc) is 2.87. The van der Waals surface area contributed by atoms with Crippen LogP contribution in [0.3, 0.4) is 0 Å². The summed E-state index contributed by atoms with van der Waals surface area (Å²) in [6.45, 7) is 2.93. The maximum absolute atomic E-state index is 10.3. The first-order chi connectivity index (χ1) is 13.5. The number of nitrogens with zero attached hydrogens (tertiary/aromatic N) is 1. The topological polar surface area (TPSA) is 63.9 Å². The molecule has 1 heterocycles. The third-order valence-electron chi connectivity index (χ3n) is 6.39. The Balaban J connectivity index is 0.00000240. The molecule has 29 heavy (non-hydrogen) atoms. The summed E-state index contributed by atoms with van der Waals surface area (Å²) < 4.78 is 0.603. The van der Waals surface area contributed by atoms with E-state index >= 15 is 0 Å². The molecule has 1 atom stereocenters. The van der Waals surface area contributed by atoms with E-state index in [1.807, 2.05) is 12.1 Å². The minimum absolute atomic E-state index is 0. The lowest BCUT2D eigenvalue weighted by Gasteiger charge is -2.31. The predicted octanol–water partition coefficient (Wildman–Crippen LogP) is 5.71. The molecule has 0 aromatic heterocycles.